The van der Waals surface area contributed by atoms with Crippen molar-refractivity contribution in [2.45, 2.75) is 18.4 Å². The van der Waals surface area contributed by atoms with E-state index >= 15 is 0 Å². The number of hydrogen-bond acceptors (Lipinski definition) is 3. The summed E-state index contributed by atoms with van der Waals surface area (Å²) in [7, 11) is 1.48. The van der Waals surface area contributed by atoms with Crippen LogP contribution in [0.3, 0.4) is 0 Å². The van der Waals surface area contributed by atoms with Gasteiger partial charge in [-0.2, -0.15) is 0 Å². The van der Waals surface area contributed by atoms with E-state index in [1.807, 2.05) is 37.3 Å². The van der Waals surface area contributed by atoms with Crippen LogP contribution in [-0.4, -0.2) is 23.6 Å². The molecular weight excluding hydrogens is 264 g/mol. The molecule has 0 amide bonds. The van der Waals surface area contributed by atoms with Crippen molar-refractivity contribution in [3.63, 3.8) is 0 Å². The third-order valence-corrected chi connectivity index (χ3v) is 4.97. The monoisotopic (exact) mass is 282 g/mol. The summed E-state index contributed by atoms with van der Waals surface area (Å²) >= 11 is 0. The minimum Gasteiger partial charge on any atom is -0.493 e. The summed E-state index contributed by atoms with van der Waals surface area (Å²) in [6, 6.07) is 9.78. The Labute approximate surface area is 124 Å². The van der Waals surface area contributed by atoms with Gasteiger partial charge in [-0.25, -0.2) is 0 Å². The number of aliphatic hydroxyl groups is 1. The predicted molar refractivity (Wildman–Crippen MR) is 79.2 cm³/mol. The molecule has 1 N–H and O–H groups in total. The molecule has 3 nitrogen and oxygen atoms in total. The Morgan fingerprint density at radius 2 is 2.00 bits per heavy atom. The van der Waals surface area contributed by atoms with Gasteiger partial charge in [-0.3, -0.25) is 4.79 Å². The molecule has 0 aliphatic heterocycles. The second-order valence-electron chi connectivity index (χ2n) is 5.87. The lowest BCUT2D eigenvalue weighted by Crippen LogP contribution is -2.46. The van der Waals surface area contributed by atoms with E-state index in [9.17, 15) is 9.90 Å². The maximum absolute atomic E-state index is 12.7. The second-order valence-corrected chi connectivity index (χ2v) is 5.87. The third-order valence-electron chi connectivity index (χ3n) is 4.97. The van der Waals surface area contributed by atoms with Crippen LogP contribution in [0.2, 0.25) is 0 Å². The van der Waals surface area contributed by atoms with Gasteiger partial charge < -0.3 is 9.84 Å². The number of allylic oxidation sites excluding steroid dienone is 1. The van der Waals surface area contributed by atoms with Gasteiger partial charge in [0.2, 0.25) is 5.78 Å². The summed E-state index contributed by atoms with van der Waals surface area (Å²) in [6.07, 6.45) is 7.29. The molecule has 1 fully saturated rings. The highest BCUT2D eigenvalue weighted by molar-refractivity contribution is 5.99. The minimum absolute atomic E-state index is 0.0649. The van der Waals surface area contributed by atoms with Crippen LogP contribution < -0.4 is 0 Å². The lowest BCUT2D eigenvalue weighted by molar-refractivity contribution is -0.129. The molecule has 2 aliphatic rings. The van der Waals surface area contributed by atoms with Crippen molar-refractivity contribution in [2.24, 2.45) is 17.8 Å². The Morgan fingerprint density at radius 3 is 2.57 bits per heavy atom. The van der Waals surface area contributed by atoms with Crippen LogP contribution >= 0.6 is 0 Å². The zero-order valence-electron chi connectivity index (χ0n) is 12.1. The van der Waals surface area contributed by atoms with Gasteiger partial charge in [0.25, 0.3) is 0 Å². The fourth-order valence-corrected chi connectivity index (χ4v) is 3.97. The first-order valence-corrected chi connectivity index (χ1v) is 7.09. The smallest absolute Gasteiger partial charge is 0.204 e. The SMILES string of the molecule is C#CC1(O)C2C=C(OC)C(=O)C1C(c1ccccc1)C2C. The largest absolute Gasteiger partial charge is 0.493 e. The fraction of sp³-hybridized carbons (Fsp3) is 0.389. The number of hydrogen-bond donors (Lipinski definition) is 1. The predicted octanol–water partition coefficient (Wildman–Crippen LogP) is 2.13. The Hall–Kier alpha value is -2.05. The number of carbonyl (C=O) groups excluding carboxylic acids is 1. The summed E-state index contributed by atoms with van der Waals surface area (Å²) in [4.78, 5) is 12.7. The number of carbonyl (C=O) groups is 1. The number of Topliss-reactive ketones (excluding diaryl/α,β-unsaturated/α-hetero) is 1. The molecular formula is C18H18O3. The van der Waals surface area contributed by atoms with E-state index < -0.39 is 11.5 Å². The van der Waals surface area contributed by atoms with E-state index in [0.717, 1.165) is 5.56 Å². The molecule has 108 valence electrons. The normalized spacial score (nSPS) is 37.8. The molecule has 0 aromatic heterocycles. The van der Waals surface area contributed by atoms with Crippen molar-refractivity contribution < 1.29 is 14.6 Å². The van der Waals surface area contributed by atoms with E-state index in [1.165, 1.54) is 7.11 Å². The van der Waals surface area contributed by atoms with Crippen LogP contribution in [0, 0.1) is 30.1 Å². The summed E-state index contributed by atoms with van der Waals surface area (Å²) in [5.41, 5.74) is -0.399. The average Bonchev–Trinajstić information content (AvgIpc) is 2.65. The van der Waals surface area contributed by atoms with Crippen molar-refractivity contribution in [3.05, 3.63) is 47.7 Å². The highest BCUT2D eigenvalue weighted by Crippen LogP contribution is 2.57. The molecule has 0 heterocycles. The molecule has 21 heavy (non-hydrogen) atoms. The van der Waals surface area contributed by atoms with E-state index in [-0.39, 0.29) is 23.5 Å². The number of ketones is 1. The molecule has 2 bridgehead atoms. The number of ether oxygens (including phenoxy) is 1. The van der Waals surface area contributed by atoms with Gasteiger partial charge >= 0.3 is 0 Å². The van der Waals surface area contributed by atoms with Crippen LogP contribution in [0.1, 0.15) is 18.4 Å². The summed E-state index contributed by atoms with van der Waals surface area (Å²) in [5, 5.41) is 10.9. The Morgan fingerprint density at radius 1 is 1.33 bits per heavy atom. The lowest BCUT2D eigenvalue weighted by Gasteiger charge is -2.33. The quantitative estimate of drug-likeness (QED) is 0.845. The standard InChI is InChI=1S/C18H18O3/c1-4-18(20)13-10-14(21-3)17(19)16(18)15(11(13)2)12-8-6-5-7-9-12/h1,5-11,13,15-16,20H,2-3H3. The molecule has 1 aromatic rings. The van der Waals surface area contributed by atoms with Crippen molar-refractivity contribution >= 4 is 5.78 Å². The summed E-state index contributed by atoms with van der Waals surface area (Å²) < 4.78 is 5.19. The number of fused-ring (bicyclic) bond motifs is 2. The first-order chi connectivity index (χ1) is 10.0. The van der Waals surface area contributed by atoms with E-state index in [1.54, 1.807) is 6.08 Å². The third kappa shape index (κ3) is 1.76. The van der Waals surface area contributed by atoms with E-state index in [4.69, 9.17) is 11.2 Å². The first-order valence-electron chi connectivity index (χ1n) is 7.09. The zero-order chi connectivity index (χ0) is 15.2. The lowest BCUT2D eigenvalue weighted by atomic mass is 9.74. The first kappa shape index (κ1) is 13.9. The van der Waals surface area contributed by atoms with Crippen molar-refractivity contribution in [2.75, 3.05) is 7.11 Å². The Balaban J connectivity index is 2.16. The van der Waals surface area contributed by atoms with Gasteiger partial charge in [-0.05, 0) is 17.6 Å². The number of methoxy groups -OCH3 is 1. The van der Waals surface area contributed by atoms with Crippen molar-refractivity contribution in [3.8, 4) is 12.3 Å². The molecule has 0 saturated heterocycles. The van der Waals surface area contributed by atoms with Gasteiger partial charge in [0, 0.05) is 11.8 Å². The number of rotatable bonds is 2. The molecule has 1 aromatic carbocycles. The Bertz CT molecular complexity index is 640. The Kier molecular flexibility index (Phi) is 3.15. The van der Waals surface area contributed by atoms with Crippen LogP contribution in [0.25, 0.3) is 0 Å². The molecule has 0 radical (unpaired) electrons. The molecule has 2 aliphatic carbocycles. The van der Waals surface area contributed by atoms with Gasteiger partial charge in [0.05, 0.1) is 13.0 Å². The van der Waals surface area contributed by atoms with E-state index in [2.05, 4.69) is 5.92 Å². The van der Waals surface area contributed by atoms with Gasteiger partial charge in [-0.15, -0.1) is 6.42 Å². The molecule has 5 atom stereocenters. The molecule has 5 unspecified atom stereocenters. The molecule has 3 rings (SSSR count). The topological polar surface area (TPSA) is 46.5 Å². The number of benzene rings is 1. The van der Waals surface area contributed by atoms with Crippen molar-refractivity contribution in [1.82, 2.24) is 0 Å². The zero-order valence-corrected chi connectivity index (χ0v) is 12.1. The van der Waals surface area contributed by atoms with Gasteiger partial charge in [0.15, 0.2) is 5.76 Å². The molecule has 1 saturated carbocycles. The minimum atomic E-state index is -1.43. The summed E-state index contributed by atoms with van der Waals surface area (Å²) in [6.45, 7) is 2.03. The average molecular weight is 282 g/mol. The van der Waals surface area contributed by atoms with Crippen LogP contribution in [-0.2, 0) is 9.53 Å². The van der Waals surface area contributed by atoms with Crippen LogP contribution in [0.15, 0.2) is 42.2 Å². The fourth-order valence-electron chi connectivity index (χ4n) is 3.97. The summed E-state index contributed by atoms with van der Waals surface area (Å²) in [5.74, 6) is 1.64. The maximum Gasteiger partial charge on any atom is 0.204 e. The van der Waals surface area contributed by atoms with Gasteiger partial charge in [-0.1, -0.05) is 43.2 Å². The van der Waals surface area contributed by atoms with Crippen LogP contribution in [0.4, 0.5) is 0 Å². The molecule has 0 spiro atoms. The highest BCUT2D eigenvalue weighted by atomic mass is 16.5. The van der Waals surface area contributed by atoms with Crippen molar-refractivity contribution in [1.29, 1.82) is 0 Å². The second kappa shape index (κ2) is 4.75. The number of terminal acetylenes is 1. The van der Waals surface area contributed by atoms with E-state index in [0.29, 0.717) is 5.76 Å². The van der Waals surface area contributed by atoms with Crippen LogP contribution in [0.5, 0.6) is 0 Å². The highest BCUT2D eigenvalue weighted by Gasteiger charge is 2.63. The molecule has 3 heteroatoms. The van der Waals surface area contributed by atoms with Gasteiger partial charge in [0.1, 0.15) is 5.60 Å². The maximum atomic E-state index is 12.7.